The molecule has 4 fully saturated rings. The molecule has 0 radical (unpaired) electrons. The second-order valence-electron chi connectivity index (χ2n) is 10.2. The summed E-state index contributed by atoms with van der Waals surface area (Å²) in [5, 5.41) is 0. The van der Waals surface area contributed by atoms with Crippen LogP contribution in [-0.4, -0.2) is 25.4 Å². The van der Waals surface area contributed by atoms with E-state index in [4.69, 9.17) is 0 Å². The van der Waals surface area contributed by atoms with Crippen molar-refractivity contribution in [2.75, 3.05) is 19.6 Å². The number of rotatable bonds is 8. The zero-order valence-corrected chi connectivity index (χ0v) is 17.7. The molecule has 4 aliphatic carbocycles. The molecule has 27 heavy (non-hydrogen) atoms. The third-order valence-electron chi connectivity index (χ3n) is 7.93. The lowest BCUT2D eigenvalue weighted by Gasteiger charge is -2.61. The Morgan fingerprint density at radius 3 is 2.15 bits per heavy atom. The minimum absolute atomic E-state index is 0.0122. The van der Waals surface area contributed by atoms with E-state index in [1.54, 1.807) is 0 Å². The number of hydrogen-bond acceptors (Lipinski definition) is 1. The number of nitrogens with one attached hydrogen (secondary N) is 1. The number of Topliss-reactive ketones (excluding diaryl/α,β-unsaturated/α-hetero) is 1. The van der Waals surface area contributed by atoms with Crippen molar-refractivity contribution >= 4 is 5.78 Å². The summed E-state index contributed by atoms with van der Waals surface area (Å²) in [5.74, 6) is 2.15. The first kappa shape index (κ1) is 19.2. The van der Waals surface area contributed by atoms with Gasteiger partial charge in [0.05, 0.1) is 13.1 Å². The summed E-state index contributed by atoms with van der Waals surface area (Å²) in [7, 11) is 0. The van der Waals surface area contributed by atoms with Crippen LogP contribution in [0.25, 0.3) is 0 Å². The second kappa shape index (κ2) is 7.35. The average molecular weight is 369 g/mol. The number of aryl methyl sites for hydroxylation is 1. The Balaban J connectivity index is 1.59. The maximum Gasteiger partial charge on any atom is 0.192 e. The molecule has 0 saturated heterocycles. The molecular formula is C25H38NO+. The first-order valence-electron chi connectivity index (χ1n) is 11.4. The van der Waals surface area contributed by atoms with E-state index in [0.717, 1.165) is 37.9 Å². The number of carbonyl (C=O) groups is 1. The van der Waals surface area contributed by atoms with Crippen LogP contribution in [0.4, 0.5) is 0 Å². The van der Waals surface area contributed by atoms with Gasteiger partial charge in [-0.05, 0) is 81.1 Å². The second-order valence-corrected chi connectivity index (χ2v) is 10.2. The summed E-state index contributed by atoms with van der Waals surface area (Å²) >= 11 is 0. The van der Waals surface area contributed by atoms with Crippen LogP contribution in [0.5, 0.6) is 0 Å². The summed E-state index contributed by atoms with van der Waals surface area (Å²) in [6, 6.07) is 9.28. The van der Waals surface area contributed by atoms with Crippen molar-refractivity contribution in [1.82, 2.24) is 0 Å². The maximum absolute atomic E-state index is 13.7. The van der Waals surface area contributed by atoms with Crippen molar-refractivity contribution in [3.05, 3.63) is 35.4 Å². The summed E-state index contributed by atoms with van der Waals surface area (Å²) in [6.07, 6.45) is 9.86. The Kier molecular flexibility index (Phi) is 5.22. The number of quaternary nitrogens is 1. The molecule has 0 heterocycles. The van der Waals surface area contributed by atoms with Crippen LogP contribution in [0.1, 0.15) is 76.3 Å². The number of carbonyl (C=O) groups excluding carboxylic acids is 1. The molecule has 148 valence electrons. The van der Waals surface area contributed by atoms with Gasteiger partial charge in [-0.3, -0.25) is 4.79 Å². The Bertz CT molecular complexity index is 656. The Morgan fingerprint density at radius 1 is 1.00 bits per heavy atom. The molecule has 2 nitrogen and oxygen atoms in total. The van der Waals surface area contributed by atoms with E-state index < -0.39 is 0 Å². The van der Waals surface area contributed by atoms with Crippen molar-refractivity contribution in [2.45, 2.75) is 77.6 Å². The van der Waals surface area contributed by atoms with Crippen LogP contribution in [0.15, 0.2) is 24.3 Å². The molecule has 4 aliphatic rings. The number of benzene rings is 1. The predicted octanol–water partition coefficient (Wildman–Crippen LogP) is 4.11. The predicted molar refractivity (Wildman–Crippen MR) is 111 cm³/mol. The minimum Gasteiger partial charge on any atom is -0.329 e. The van der Waals surface area contributed by atoms with E-state index in [0.29, 0.717) is 5.78 Å². The third-order valence-corrected chi connectivity index (χ3v) is 7.93. The normalized spacial score (nSPS) is 34.4. The first-order valence-corrected chi connectivity index (χ1v) is 11.4. The van der Waals surface area contributed by atoms with Gasteiger partial charge < -0.3 is 4.90 Å². The smallest absolute Gasteiger partial charge is 0.192 e. The highest BCUT2D eigenvalue weighted by Crippen LogP contribution is 2.65. The van der Waals surface area contributed by atoms with E-state index in [1.807, 2.05) is 0 Å². The zero-order chi connectivity index (χ0) is 19.1. The zero-order valence-electron chi connectivity index (χ0n) is 17.7. The standard InChI is InChI=1S/C25H37NO/c1-4-10-26(11-5-2)17-23(27)25-15-20-12-21(16-25)14-24(13-20,18-25)22-8-6-19(3)7-9-22/h6-9,20-21H,4-5,10-18H2,1-3H3/p+1/t20-,21+,24?,25?. The third kappa shape index (κ3) is 3.50. The van der Waals surface area contributed by atoms with Crippen LogP contribution < -0.4 is 4.90 Å². The van der Waals surface area contributed by atoms with Crippen molar-refractivity contribution < 1.29 is 9.69 Å². The van der Waals surface area contributed by atoms with Gasteiger partial charge in [-0.2, -0.15) is 0 Å². The molecule has 1 aromatic rings. The van der Waals surface area contributed by atoms with Gasteiger partial charge in [0, 0.05) is 5.41 Å². The lowest BCUT2D eigenvalue weighted by Crippen LogP contribution is -3.13. The molecule has 5 rings (SSSR count). The number of hydrogen-bond donors (Lipinski definition) is 1. The largest absolute Gasteiger partial charge is 0.329 e. The highest BCUT2D eigenvalue weighted by atomic mass is 16.1. The van der Waals surface area contributed by atoms with Gasteiger partial charge in [-0.15, -0.1) is 0 Å². The summed E-state index contributed by atoms with van der Waals surface area (Å²) in [5.41, 5.74) is 3.13. The molecule has 2 heteroatoms. The summed E-state index contributed by atoms with van der Waals surface area (Å²) in [4.78, 5) is 15.2. The van der Waals surface area contributed by atoms with Gasteiger partial charge in [0.25, 0.3) is 0 Å². The van der Waals surface area contributed by atoms with E-state index in [-0.39, 0.29) is 10.8 Å². The fraction of sp³-hybridized carbons (Fsp3) is 0.720. The highest BCUT2D eigenvalue weighted by molar-refractivity contribution is 5.86. The lowest BCUT2D eigenvalue weighted by molar-refractivity contribution is -0.892. The fourth-order valence-corrected chi connectivity index (χ4v) is 7.26. The van der Waals surface area contributed by atoms with Crippen LogP contribution in [-0.2, 0) is 10.2 Å². The van der Waals surface area contributed by atoms with Gasteiger partial charge >= 0.3 is 0 Å². The Hall–Kier alpha value is -1.15. The van der Waals surface area contributed by atoms with Gasteiger partial charge in [0.2, 0.25) is 0 Å². The van der Waals surface area contributed by atoms with Crippen LogP contribution in [0, 0.1) is 24.2 Å². The lowest BCUT2D eigenvalue weighted by atomic mass is 9.42. The van der Waals surface area contributed by atoms with Gasteiger partial charge in [0.1, 0.15) is 6.54 Å². The SMILES string of the molecule is CCC[NH+](CCC)CC(=O)C12C[C@H]3C[C@@H](C1)CC(c1ccc(C)cc1)(C3)C2. The Labute approximate surface area is 165 Å². The first-order chi connectivity index (χ1) is 13.0. The molecule has 4 bridgehead atoms. The molecule has 2 unspecified atom stereocenters. The molecule has 1 aromatic carbocycles. The molecule has 0 aliphatic heterocycles. The van der Waals surface area contributed by atoms with Crippen molar-refractivity contribution in [3.63, 3.8) is 0 Å². The molecular weight excluding hydrogens is 330 g/mol. The van der Waals surface area contributed by atoms with Gasteiger partial charge in [-0.1, -0.05) is 43.7 Å². The minimum atomic E-state index is -0.0122. The summed E-state index contributed by atoms with van der Waals surface area (Å²) in [6.45, 7) is 9.73. The van der Waals surface area contributed by atoms with E-state index in [2.05, 4.69) is 45.0 Å². The van der Waals surface area contributed by atoms with Crippen molar-refractivity contribution in [1.29, 1.82) is 0 Å². The topological polar surface area (TPSA) is 21.5 Å². The van der Waals surface area contributed by atoms with E-state index in [1.165, 1.54) is 61.0 Å². The van der Waals surface area contributed by atoms with Crippen molar-refractivity contribution in [3.8, 4) is 0 Å². The molecule has 1 N–H and O–H groups in total. The monoisotopic (exact) mass is 368 g/mol. The highest BCUT2D eigenvalue weighted by Gasteiger charge is 2.61. The van der Waals surface area contributed by atoms with E-state index >= 15 is 0 Å². The van der Waals surface area contributed by atoms with Crippen LogP contribution in [0.2, 0.25) is 0 Å². The Morgan fingerprint density at radius 2 is 1.59 bits per heavy atom. The number of ketones is 1. The molecule has 0 aromatic heterocycles. The average Bonchev–Trinajstić information content (AvgIpc) is 2.61. The maximum atomic E-state index is 13.7. The summed E-state index contributed by atoms with van der Waals surface area (Å²) < 4.78 is 0. The molecule has 4 atom stereocenters. The quantitative estimate of drug-likeness (QED) is 0.733. The van der Waals surface area contributed by atoms with Crippen molar-refractivity contribution in [2.24, 2.45) is 17.3 Å². The fourth-order valence-electron chi connectivity index (χ4n) is 7.26. The van der Waals surface area contributed by atoms with Gasteiger partial charge in [-0.25, -0.2) is 0 Å². The molecule has 0 amide bonds. The van der Waals surface area contributed by atoms with Gasteiger partial charge in [0.15, 0.2) is 5.78 Å². The molecule has 0 spiro atoms. The van der Waals surface area contributed by atoms with E-state index in [9.17, 15) is 4.79 Å². The molecule has 4 saturated carbocycles. The van der Waals surface area contributed by atoms with Crippen LogP contribution >= 0.6 is 0 Å². The van der Waals surface area contributed by atoms with Crippen LogP contribution in [0.3, 0.4) is 0 Å².